The van der Waals surface area contributed by atoms with E-state index in [1.807, 2.05) is 32.0 Å². The van der Waals surface area contributed by atoms with Crippen molar-refractivity contribution in [3.05, 3.63) is 76.5 Å². The molecule has 0 bridgehead atoms. The minimum Gasteiger partial charge on any atom is -0.477 e. The molecule has 210 valence electrons. The van der Waals surface area contributed by atoms with Gasteiger partial charge in [-0.05, 0) is 86.4 Å². The van der Waals surface area contributed by atoms with Crippen LogP contribution in [0.15, 0.2) is 42.5 Å². The van der Waals surface area contributed by atoms with Gasteiger partial charge in [0.2, 0.25) is 0 Å². The Morgan fingerprint density at radius 1 is 1.12 bits per heavy atom. The van der Waals surface area contributed by atoms with Crippen molar-refractivity contribution < 1.29 is 23.8 Å². The van der Waals surface area contributed by atoms with Crippen LogP contribution in [0.5, 0.6) is 0 Å². The number of aromatic carboxylic acids is 1. The number of rotatable bonds is 6. The van der Waals surface area contributed by atoms with Crippen LogP contribution in [-0.4, -0.2) is 39.0 Å². The van der Waals surface area contributed by atoms with Crippen molar-refractivity contribution in [2.24, 2.45) is 0 Å². The second-order valence-electron chi connectivity index (χ2n) is 11.4. The van der Waals surface area contributed by atoms with E-state index in [0.717, 1.165) is 70.6 Å². The molecule has 1 aliphatic carbocycles. The number of carboxylic acids is 1. The number of carboxylic acid groups (broad SMARTS) is 1. The normalized spacial score (nSPS) is 20.3. The molecule has 0 saturated carbocycles. The van der Waals surface area contributed by atoms with Crippen LogP contribution in [0.3, 0.4) is 0 Å². The fourth-order valence-electron chi connectivity index (χ4n) is 5.86. The van der Waals surface area contributed by atoms with Crippen molar-refractivity contribution in [1.82, 2.24) is 9.97 Å². The minimum atomic E-state index is -1.04. The zero-order chi connectivity index (χ0) is 28.6. The first-order valence-electron chi connectivity index (χ1n) is 14.2. The number of benzene rings is 1. The monoisotopic (exact) mass is 544 g/mol. The van der Waals surface area contributed by atoms with E-state index in [-0.39, 0.29) is 29.6 Å². The fourth-order valence-corrected chi connectivity index (χ4v) is 5.86. The van der Waals surface area contributed by atoms with E-state index in [9.17, 15) is 14.3 Å². The van der Waals surface area contributed by atoms with E-state index in [1.54, 1.807) is 6.07 Å². The summed E-state index contributed by atoms with van der Waals surface area (Å²) < 4.78 is 26.4. The van der Waals surface area contributed by atoms with Crippen LogP contribution in [0, 0.1) is 5.82 Å². The summed E-state index contributed by atoms with van der Waals surface area (Å²) in [6, 6.07) is 10.0. The molecule has 3 aromatic rings. The molecular formula is C33H37FN2O4. The summed E-state index contributed by atoms with van der Waals surface area (Å²) in [6.07, 6.45) is 8.10. The number of nitrogens with zero attached hydrogens (tertiary/aromatic N) is 2. The third-order valence-corrected chi connectivity index (χ3v) is 7.65. The summed E-state index contributed by atoms with van der Waals surface area (Å²) in [7, 11) is 0. The highest BCUT2D eigenvalue weighted by atomic mass is 19.1. The first-order valence-corrected chi connectivity index (χ1v) is 14.2. The predicted octanol–water partition coefficient (Wildman–Crippen LogP) is 7.59. The van der Waals surface area contributed by atoms with Gasteiger partial charge in [-0.2, -0.15) is 0 Å². The first-order chi connectivity index (χ1) is 19.1. The molecule has 2 aliphatic rings. The van der Waals surface area contributed by atoms with Crippen LogP contribution in [0.25, 0.3) is 28.5 Å². The van der Waals surface area contributed by atoms with Crippen LogP contribution in [0.2, 0.25) is 0 Å². The van der Waals surface area contributed by atoms with Crippen LogP contribution < -0.4 is 0 Å². The molecule has 2 aromatic heterocycles. The SMILES string of the molecule is CC[C@H]1C[C@@H](/C=C/c2c(C(C)C)nc3c(c2-c2ccc(F)cc2)CCCc2nc(C(=O)O)ccc2-3)OC(C)(C)O1. The second-order valence-corrected chi connectivity index (χ2v) is 11.4. The van der Waals surface area contributed by atoms with Gasteiger partial charge in [0.05, 0.1) is 29.3 Å². The highest BCUT2D eigenvalue weighted by molar-refractivity contribution is 5.88. The fraction of sp³-hybridized carbons (Fsp3) is 0.424. The summed E-state index contributed by atoms with van der Waals surface area (Å²) in [5.41, 5.74) is 7.40. The summed E-state index contributed by atoms with van der Waals surface area (Å²) in [4.78, 5) is 21.3. The molecule has 3 heterocycles. The maximum atomic E-state index is 14.0. The number of hydrogen-bond acceptors (Lipinski definition) is 5. The van der Waals surface area contributed by atoms with Crippen molar-refractivity contribution in [2.75, 3.05) is 0 Å². The van der Waals surface area contributed by atoms with Crippen LogP contribution in [0.1, 0.15) is 92.8 Å². The van der Waals surface area contributed by atoms with E-state index < -0.39 is 11.8 Å². The molecule has 2 atom stereocenters. The summed E-state index contributed by atoms with van der Waals surface area (Å²) in [5, 5.41) is 9.52. The number of halogens is 1. The molecule has 1 saturated heterocycles. The Labute approximate surface area is 235 Å². The number of aromatic nitrogens is 2. The molecule has 7 heteroatoms. The van der Waals surface area contributed by atoms with Gasteiger partial charge in [0.1, 0.15) is 11.5 Å². The lowest BCUT2D eigenvalue weighted by Gasteiger charge is -2.39. The van der Waals surface area contributed by atoms with Gasteiger partial charge >= 0.3 is 5.97 Å². The summed E-state index contributed by atoms with van der Waals surface area (Å²) in [5.74, 6) is -1.91. The van der Waals surface area contributed by atoms with Crippen molar-refractivity contribution >= 4 is 12.0 Å². The molecule has 0 amide bonds. The third-order valence-electron chi connectivity index (χ3n) is 7.65. The van der Waals surface area contributed by atoms with E-state index in [1.165, 1.54) is 12.1 Å². The van der Waals surface area contributed by atoms with E-state index in [4.69, 9.17) is 14.5 Å². The zero-order valence-corrected chi connectivity index (χ0v) is 23.8. The standard InChI is InChI=1S/C33H37FN2O4/c1-6-22-18-23(40-33(4,5)39-22)14-15-26-29(20-10-12-21(34)13-11-20)25-8-7-9-27-24(16-17-28(35-27)32(37)38)31(25)36-30(26)19(2)3/h10-17,19,22-23H,6-9,18H2,1-5H3,(H,37,38)/b15-14+/t22-,23+/m0/s1. The number of fused-ring (bicyclic) bond motifs is 3. The van der Waals surface area contributed by atoms with Gasteiger partial charge in [0.15, 0.2) is 5.79 Å². The van der Waals surface area contributed by atoms with Crippen molar-refractivity contribution in [1.29, 1.82) is 0 Å². The maximum absolute atomic E-state index is 14.0. The molecule has 1 N–H and O–H groups in total. The van der Waals surface area contributed by atoms with Gasteiger partial charge in [-0.3, -0.25) is 4.98 Å². The number of ether oxygens (including phenoxy) is 2. The van der Waals surface area contributed by atoms with Gasteiger partial charge in [-0.15, -0.1) is 0 Å². The van der Waals surface area contributed by atoms with Crippen molar-refractivity contribution in [2.45, 2.75) is 90.6 Å². The molecule has 0 spiro atoms. The van der Waals surface area contributed by atoms with Crippen LogP contribution in [-0.2, 0) is 22.3 Å². The van der Waals surface area contributed by atoms with Gasteiger partial charge in [-0.25, -0.2) is 14.2 Å². The highest BCUT2D eigenvalue weighted by Crippen LogP contribution is 2.42. The van der Waals surface area contributed by atoms with E-state index in [0.29, 0.717) is 6.42 Å². The second kappa shape index (κ2) is 11.2. The quantitative estimate of drug-likeness (QED) is 0.344. The molecule has 1 aromatic carbocycles. The zero-order valence-electron chi connectivity index (χ0n) is 23.8. The van der Waals surface area contributed by atoms with Gasteiger partial charge in [0.25, 0.3) is 0 Å². The number of aryl methyl sites for hydroxylation is 1. The van der Waals surface area contributed by atoms with Gasteiger partial charge < -0.3 is 14.6 Å². The molecule has 0 radical (unpaired) electrons. The lowest BCUT2D eigenvalue weighted by Crippen LogP contribution is -2.43. The van der Waals surface area contributed by atoms with Crippen LogP contribution in [0.4, 0.5) is 4.39 Å². The Morgan fingerprint density at radius 3 is 2.55 bits per heavy atom. The maximum Gasteiger partial charge on any atom is 0.354 e. The third kappa shape index (κ3) is 5.72. The van der Waals surface area contributed by atoms with Crippen molar-refractivity contribution in [3.8, 4) is 22.4 Å². The summed E-state index contributed by atoms with van der Waals surface area (Å²) in [6.45, 7) is 10.3. The number of carbonyl (C=O) groups is 1. The Morgan fingerprint density at radius 2 is 1.88 bits per heavy atom. The highest BCUT2D eigenvalue weighted by Gasteiger charge is 2.34. The lowest BCUT2D eigenvalue weighted by atomic mass is 9.86. The van der Waals surface area contributed by atoms with Crippen molar-refractivity contribution in [3.63, 3.8) is 0 Å². The molecule has 5 rings (SSSR count). The molecule has 6 nitrogen and oxygen atoms in total. The molecule has 0 unspecified atom stereocenters. The summed E-state index contributed by atoms with van der Waals surface area (Å²) >= 11 is 0. The predicted molar refractivity (Wildman–Crippen MR) is 154 cm³/mol. The van der Waals surface area contributed by atoms with E-state index in [2.05, 4.69) is 37.9 Å². The molecule has 1 aliphatic heterocycles. The number of pyridine rings is 2. The lowest BCUT2D eigenvalue weighted by molar-refractivity contribution is -0.290. The smallest absolute Gasteiger partial charge is 0.354 e. The Kier molecular flexibility index (Phi) is 7.89. The van der Waals surface area contributed by atoms with Crippen LogP contribution >= 0.6 is 0 Å². The number of hydrogen-bond donors (Lipinski definition) is 1. The average Bonchev–Trinajstić information content (AvgIpc) is 3.09. The average molecular weight is 545 g/mol. The Balaban J connectivity index is 1.72. The first kappa shape index (κ1) is 28.1. The molecule has 1 fully saturated rings. The Bertz CT molecular complexity index is 1450. The topological polar surface area (TPSA) is 81.5 Å². The van der Waals surface area contributed by atoms with Gasteiger partial charge in [-0.1, -0.05) is 45.1 Å². The van der Waals surface area contributed by atoms with Gasteiger partial charge in [0, 0.05) is 17.5 Å². The molecule has 40 heavy (non-hydrogen) atoms. The minimum absolute atomic E-state index is 0.0364. The van der Waals surface area contributed by atoms with E-state index >= 15 is 0 Å². The molecular weight excluding hydrogens is 507 g/mol. The Hall–Kier alpha value is -3.42. The largest absolute Gasteiger partial charge is 0.477 e.